The number of halogens is 1. The molecule has 0 atom stereocenters. The highest BCUT2D eigenvalue weighted by atomic mass is 19.1. The molecule has 0 bridgehead atoms. The predicted octanol–water partition coefficient (Wildman–Crippen LogP) is 3.05. The molecule has 0 heterocycles. The number of nitrogen functional groups attached to an aromatic ring is 1. The summed E-state index contributed by atoms with van der Waals surface area (Å²) in [6.45, 7) is 0. The summed E-state index contributed by atoms with van der Waals surface area (Å²) < 4.78 is 12.8. The number of rotatable bonds is 2. The van der Waals surface area contributed by atoms with Crippen LogP contribution in [0.3, 0.4) is 0 Å². The molecule has 4 heteroatoms. The molecule has 0 fully saturated rings. The van der Waals surface area contributed by atoms with Crippen LogP contribution >= 0.6 is 0 Å². The molecule has 0 aliphatic carbocycles. The Balaban J connectivity index is 2.37. The second-order valence-corrected chi connectivity index (χ2v) is 3.92. The monoisotopic (exact) mass is 241 g/mol. The Bertz CT molecular complexity index is 599. The quantitative estimate of drug-likeness (QED) is 0.822. The predicted molar refractivity (Wildman–Crippen MR) is 70.0 cm³/mol. The topological polar surface area (TPSA) is 53.0 Å². The van der Waals surface area contributed by atoms with Crippen LogP contribution in [0.1, 0.15) is 5.56 Å². The maximum Gasteiger partial charge on any atom is 0.123 e. The molecule has 0 amide bonds. The van der Waals surface area contributed by atoms with Gasteiger partial charge < -0.3 is 10.6 Å². The molecule has 0 aliphatic rings. The summed E-state index contributed by atoms with van der Waals surface area (Å²) in [6, 6.07) is 13.4. The maximum absolute atomic E-state index is 12.8. The fourth-order valence-electron chi connectivity index (χ4n) is 1.66. The average molecular weight is 241 g/mol. The van der Waals surface area contributed by atoms with Gasteiger partial charge >= 0.3 is 0 Å². The summed E-state index contributed by atoms with van der Waals surface area (Å²) >= 11 is 0. The highest BCUT2D eigenvalue weighted by Gasteiger charge is 2.06. The van der Waals surface area contributed by atoms with Crippen molar-refractivity contribution in [3.63, 3.8) is 0 Å². The van der Waals surface area contributed by atoms with E-state index in [0.29, 0.717) is 11.3 Å². The van der Waals surface area contributed by atoms with Crippen LogP contribution in [0.15, 0.2) is 42.5 Å². The van der Waals surface area contributed by atoms with Crippen molar-refractivity contribution < 1.29 is 4.39 Å². The van der Waals surface area contributed by atoms with E-state index in [1.807, 2.05) is 24.1 Å². The van der Waals surface area contributed by atoms with Crippen LogP contribution in [0, 0.1) is 17.1 Å². The summed E-state index contributed by atoms with van der Waals surface area (Å²) in [6.07, 6.45) is 0. The summed E-state index contributed by atoms with van der Waals surface area (Å²) in [7, 11) is 1.85. The Morgan fingerprint density at radius 2 is 1.72 bits per heavy atom. The number of anilines is 3. The van der Waals surface area contributed by atoms with Gasteiger partial charge in [-0.05, 0) is 42.5 Å². The normalized spacial score (nSPS) is 9.83. The minimum absolute atomic E-state index is 0.276. The van der Waals surface area contributed by atoms with Crippen molar-refractivity contribution in [2.75, 3.05) is 17.7 Å². The third-order valence-corrected chi connectivity index (χ3v) is 2.76. The van der Waals surface area contributed by atoms with Gasteiger partial charge in [-0.2, -0.15) is 5.26 Å². The third-order valence-electron chi connectivity index (χ3n) is 2.76. The lowest BCUT2D eigenvalue weighted by Gasteiger charge is -2.20. The molecule has 0 aromatic heterocycles. The Labute approximate surface area is 105 Å². The lowest BCUT2D eigenvalue weighted by atomic mass is 10.1. The van der Waals surface area contributed by atoms with Crippen molar-refractivity contribution in [3.05, 3.63) is 53.8 Å². The van der Waals surface area contributed by atoms with Crippen LogP contribution in [0.4, 0.5) is 21.5 Å². The number of nitriles is 1. The molecule has 0 aliphatic heterocycles. The molecule has 2 aromatic rings. The number of benzene rings is 2. The number of nitrogens with zero attached hydrogens (tertiary/aromatic N) is 2. The van der Waals surface area contributed by atoms with Gasteiger partial charge in [0.1, 0.15) is 11.9 Å². The van der Waals surface area contributed by atoms with Gasteiger partial charge in [-0.25, -0.2) is 4.39 Å². The van der Waals surface area contributed by atoms with Crippen molar-refractivity contribution in [2.24, 2.45) is 0 Å². The van der Waals surface area contributed by atoms with E-state index in [1.165, 1.54) is 12.1 Å². The average Bonchev–Trinajstić information content (AvgIpc) is 2.39. The third kappa shape index (κ3) is 2.25. The zero-order valence-corrected chi connectivity index (χ0v) is 9.89. The molecular weight excluding hydrogens is 229 g/mol. The molecule has 0 spiro atoms. The first kappa shape index (κ1) is 11.9. The van der Waals surface area contributed by atoms with Gasteiger partial charge in [0, 0.05) is 24.1 Å². The zero-order chi connectivity index (χ0) is 13.1. The largest absolute Gasteiger partial charge is 0.398 e. The molecule has 0 saturated carbocycles. The standard InChI is InChI=1S/C14H12FN3/c1-18(12-4-2-11(15)3-5-12)13-6-7-14(17)10(8-13)9-16/h2-8H,17H2,1H3. The van der Waals surface area contributed by atoms with Gasteiger partial charge in [0.2, 0.25) is 0 Å². The number of nitrogens with two attached hydrogens (primary N) is 1. The molecule has 0 radical (unpaired) electrons. The van der Waals surface area contributed by atoms with E-state index in [1.54, 1.807) is 24.3 Å². The first-order valence-corrected chi connectivity index (χ1v) is 5.41. The highest BCUT2D eigenvalue weighted by Crippen LogP contribution is 2.26. The number of hydrogen-bond acceptors (Lipinski definition) is 3. The summed E-state index contributed by atoms with van der Waals surface area (Å²) in [5, 5.41) is 8.93. The Kier molecular flexibility index (Phi) is 3.16. The first-order chi connectivity index (χ1) is 8.61. The summed E-state index contributed by atoms with van der Waals surface area (Å²) in [4.78, 5) is 1.86. The van der Waals surface area contributed by atoms with Crippen molar-refractivity contribution in [2.45, 2.75) is 0 Å². The van der Waals surface area contributed by atoms with Crippen LogP contribution < -0.4 is 10.6 Å². The van der Waals surface area contributed by atoms with Crippen LogP contribution in [-0.4, -0.2) is 7.05 Å². The van der Waals surface area contributed by atoms with Gasteiger partial charge in [0.25, 0.3) is 0 Å². The van der Waals surface area contributed by atoms with Crippen molar-refractivity contribution >= 4 is 17.1 Å². The van der Waals surface area contributed by atoms with Gasteiger partial charge in [-0.1, -0.05) is 0 Å². The Morgan fingerprint density at radius 3 is 2.33 bits per heavy atom. The van der Waals surface area contributed by atoms with Gasteiger partial charge in [0.15, 0.2) is 0 Å². The molecule has 2 N–H and O–H groups in total. The highest BCUT2D eigenvalue weighted by molar-refractivity contribution is 5.68. The van der Waals surface area contributed by atoms with E-state index in [-0.39, 0.29) is 5.82 Å². The van der Waals surface area contributed by atoms with E-state index in [0.717, 1.165) is 11.4 Å². The van der Waals surface area contributed by atoms with E-state index < -0.39 is 0 Å². The molecule has 0 saturated heterocycles. The second kappa shape index (κ2) is 4.76. The zero-order valence-electron chi connectivity index (χ0n) is 9.89. The van der Waals surface area contributed by atoms with E-state index >= 15 is 0 Å². The maximum atomic E-state index is 12.8. The fourth-order valence-corrected chi connectivity index (χ4v) is 1.66. The Hall–Kier alpha value is -2.54. The van der Waals surface area contributed by atoms with E-state index in [2.05, 4.69) is 0 Å². The molecule has 3 nitrogen and oxygen atoms in total. The SMILES string of the molecule is CN(c1ccc(F)cc1)c1ccc(N)c(C#N)c1. The molecule has 18 heavy (non-hydrogen) atoms. The van der Waals surface area contributed by atoms with Gasteiger partial charge in [-0.15, -0.1) is 0 Å². The van der Waals surface area contributed by atoms with Crippen molar-refractivity contribution in [3.8, 4) is 6.07 Å². The number of hydrogen-bond donors (Lipinski definition) is 1. The second-order valence-electron chi connectivity index (χ2n) is 3.92. The van der Waals surface area contributed by atoms with Gasteiger partial charge in [-0.3, -0.25) is 0 Å². The molecule has 2 aromatic carbocycles. The van der Waals surface area contributed by atoms with E-state index in [9.17, 15) is 4.39 Å². The van der Waals surface area contributed by atoms with Crippen molar-refractivity contribution in [1.82, 2.24) is 0 Å². The fraction of sp³-hybridized carbons (Fsp3) is 0.0714. The molecule has 90 valence electrons. The minimum Gasteiger partial charge on any atom is -0.398 e. The van der Waals surface area contributed by atoms with Crippen LogP contribution in [0.5, 0.6) is 0 Å². The van der Waals surface area contributed by atoms with E-state index in [4.69, 9.17) is 11.0 Å². The first-order valence-electron chi connectivity index (χ1n) is 5.41. The van der Waals surface area contributed by atoms with Crippen LogP contribution in [0.25, 0.3) is 0 Å². The summed E-state index contributed by atoms with van der Waals surface area (Å²) in [5.41, 5.74) is 8.22. The van der Waals surface area contributed by atoms with Crippen LogP contribution in [0.2, 0.25) is 0 Å². The molecular formula is C14H12FN3. The molecule has 2 rings (SSSR count). The van der Waals surface area contributed by atoms with Gasteiger partial charge in [0.05, 0.1) is 5.56 Å². The molecule has 0 unspecified atom stereocenters. The minimum atomic E-state index is -0.276. The Morgan fingerprint density at radius 1 is 1.11 bits per heavy atom. The lowest BCUT2D eigenvalue weighted by Crippen LogP contribution is -2.09. The summed E-state index contributed by atoms with van der Waals surface area (Å²) in [5.74, 6) is -0.276. The van der Waals surface area contributed by atoms with Crippen LogP contribution in [-0.2, 0) is 0 Å². The lowest BCUT2D eigenvalue weighted by molar-refractivity contribution is 0.628. The van der Waals surface area contributed by atoms with Crippen molar-refractivity contribution in [1.29, 1.82) is 5.26 Å². The smallest absolute Gasteiger partial charge is 0.123 e.